The van der Waals surface area contributed by atoms with E-state index in [-0.39, 0.29) is 29.7 Å². The molecule has 0 saturated heterocycles. The summed E-state index contributed by atoms with van der Waals surface area (Å²) in [5, 5.41) is 21.3. The lowest BCUT2D eigenvalue weighted by Gasteiger charge is -2.15. The van der Waals surface area contributed by atoms with E-state index in [1.807, 2.05) is 0 Å². The lowest BCUT2D eigenvalue weighted by molar-refractivity contribution is 0.0940. The summed E-state index contributed by atoms with van der Waals surface area (Å²) < 4.78 is 0. The molecule has 0 bridgehead atoms. The maximum Gasteiger partial charge on any atom is 0.255 e. The Balaban J connectivity index is 2.52. The number of aromatic hydroxyl groups is 1. The molecule has 4 nitrogen and oxygen atoms in total. The fourth-order valence-corrected chi connectivity index (χ4v) is 1.94. The average molecular weight is 251 g/mol. The Labute approximate surface area is 108 Å². The topological polar surface area (TPSA) is 69.6 Å². The molecule has 0 saturated carbocycles. The van der Waals surface area contributed by atoms with Gasteiger partial charge in [0.1, 0.15) is 5.75 Å². The van der Waals surface area contributed by atoms with Crippen LogP contribution in [0.25, 0.3) is 0 Å². The second-order valence-corrected chi connectivity index (χ2v) is 4.39. The van der Waals surface area contributed by atoms with Gasteiger partial charge in [-0.2, -0.15) is 0 Å². The number of aliphatic hydroxyl groups excluding tert-OH is 1. The molecule has 1 aromatic rings. The molecule has 0 aliphatic carbocycles. The van der Waals surface area contributed by atoms with E-state index in [9.17, 15) is 9.90 Å². The van der Waals surface area contributed by atoms with E-state index in [1.165, 1.54) is 6.07 Å². The fourth-order valence-electron chi connectivity index (χ4n) is 1.94. The molecule has 4 heteroatoms. The molecular formula is C14H21NO3. The summed E-state index contributed by atoms with van der Waals surface area (Å²) in [6, 6.07) is 6.47. The van der Waals surface area contributed by atoms with Gasteiger partial charge in [-0.3, -0.25) is 4.79 Å². The van der Waals surface area contributed by atoms with Gasteiger partial charge in [0.2, 0.25) is 0 Å². The van der Waals surface area contributed by atoms with Crippen LogP contribution in [-0.4, -0.2) is 29.3 Å². The first-order valence-corrected chi connectivity index (χ1v) is 6.36. The van der Waals surface area contributed by atoms with Crippen molar-refractivity contribution in [2.24, 2.45) is 5.92 Å². The highest BCUT2D eigenvalue weighted by atomic mass is 16.3. The van der Waals surface area contributed by atoms with Crippen molar-refractivity contribution in [3.63, 3.8) is 0 Å². The van der Waals surface area contributed by atoms with E-state index < -0.39 is 0 Å². The normalized spacial score (nSPS) is 12.1. The van der Waals surface area contributed by atoms with Crippen LogP contribution in [0, 0.1) is 5.92 Å². The van der Waals surface area contributed by atoms with E-state index in [1.54, 1.807) is 18.2 Å². The summed E-state index contributed by atoms with van der Waals surface area (Å²) in [6.07, 6.45) is 2.69. The number of carbonyl (C=O) groups excluding carboxylic acids is 1. The molecule has 1 atom stereocenters. The molecule has 1 aromatic carbocycles. The Kier molecular flexibility index (Phi) is 6.22. The molecule has 0 spiro atoms. The Morgan fingerprint density at radius 3 is 2.67 bits per heavy atom. The number of para-hydroxylation sites is 1. The number of phenols is 1. The highest BCUT2D eigenvalue weighted by Crippen LogP contribution is 2.16. The summed E-state index contributed by atoms with van der Waals surface area (Å²) in [4.78, 5) is 11.8. The number of nitrogens with one attached hydrogen (secondary N) is 1. The third-order valence-corrected chi connectivity index (χ3v) is 2.93. The number of benzene rings is 1. The molecule has 0 radical (unpaired) electrons. The Bertz CT molecular complexity index is 373. The number of rotatable bonds is 7. The minimum atomic E-state index is -0.271. The zero-order valence-electron chi connectivity index (χ0n) is 10.7. The van der Waals surface area contributed by atoms with E-state index >= 15 is 0 Å². The maximum atomic E-state index is 11.8. The Morgan fingerprint density at radius 1 is 1.33 bits per heavy atom. The van der Waals surface area contributed by atoms with Crippen LogP contribution in [0.1, 0.15) is 36.5 Å². The highest BCUT2D eigenvalue weighted by Gasteiger charge is 2.12. The van der Waals surface area contributed by atoms with Crippen molar-refractivity contribution in [1.82, 2.24) is 5.32 Å². The van der Waals surface area contributed by atoms with Crippen LogP contribution in [0.15, 0.2) is 24.3 Å². The molecule has 0 aromatic heterocycles. The third kappa shape index (κ3) is 4.37. The lowest BCUT2D eigenvalue weighted by Crippen LogP contribution is -2.29. The van der Waals surface area contributed by atoms with Gasteiger partial charge < -0.3 is 15.5 Å². The van der Waals surface area contributed by atoms with Crippen molar-refractivity contribution in [2.45, 2.75) is 26.2 Å². The summed E-state index contributed by atoms with van der Waals surface area (Å²) in [7, 11) is 0. The highest BCUT2D eigenvalue weighted by molar-refractivity contribution is 5.96. The van der Waals surface area contributed by atoms with Crippen molar-refractivity contribution in [1.29, 1.82) is 0 Å². The fraction of sp³-hybridized carbons (Fsp3) is 0.500. The molecule has 0 aliphatic heterocycles. The van der Waals surface area contributed by atoms with Crippen LogP contribution in [0.2, 0.25) is 0 Å². The predicted octanol–water partition coefficient (Wildman–Crippen LogP) is 1.92. The van der Waals surface area contributed by atoms with Gasteiger partial charge in [-0.25, -0.2) is 0 Å². The molecule has 3 N–H and O–H groups in total. The first-order chi connectivity index (χ1) is 8.69. The van der Waals surface area contributed by atoms with Crippen LogP contribution < -0.4 is 5.32 Å². The summed E-state index contributed by atoms with van der Waals surface area (Å²) in [5.41, 5.74) is 0.289. The minimum absolute atomic E-state index is 0.0100. The van der Waals surface area contributed by atoms with Gasteiger partial charge in [-0.05, 0) is 30.9 Å². The van der Waals surface area contributed by atoms with Crippen molar-refractivity contribution < 1.29 is 15.0 Å². The largest absolute Gasteiger partial charge is 0.507 e. The average Bonchev–Trinajstić information content (AvgIpc) is 2.36. The molecule has 0 aliphatic rings. The second-order valence-electron chi connectivity index (χ2n) is 4.39. The summed E-state index contributed by atoms with van der Waals surface area (Å²) >= 11 is 0. The van der Waals surface area contributed by atoms with E-state index in [4.69, 9.17) is 5.11 Å². The summed E-state index contributed by atoms with van der Waals surface area (Å²) in [5.74, 6) is 0.00569. The first kappa shape index (κ1) is 14.5. The van der Waals surface area contributed by atoms with Crippen LogP contribution in [0.5, 0.6) is 5.75 Å². The number of hydrogen-bond acceptors (Lipinski definition) is 3. The molecule has 0 heterocycles. The molecule has 100 valence electrons. The molecular weight excluding hydrogens is 230 g/mol. The van der Waals surface area contributed by atoms with Gasteiger partial charge in [-0.1, -0.05) is 25.5 Å². The Morgan fingerprint density at radius 2 is 2.06 bits per heavy atom. The predicted molar refractivity (Wildman–Crippen MR) is 70.5 cm³/mol. The number of hydrogen-bond donors (Lipinski definition) is 3. The monoisotopic (exact) mass is 251 g/mol. The SMILES string of the molecule is CCCC(CCO)CNC(=O)c1ccccc1O. The number of aliphatic hydroxyl groups is 1. The maximum absolute atomic E-state index is 11.8. The third-order valence-electron chi connectivity index (χ3n) is 2.93. The van der Waals surface area contributed by atoms with Crippen molar-refractivity contribution in [3.8, 4) is 5.75 Å². The van der Waals surface area contributed by atoms with Gasteiger partial charge in [0.15, 0.2) is 0 Å². The second kappa shape index (κ2) is 7.71. The number of phenolic OH excluding ortho intramolecular Hbond substituents is 1. The van der Waals surface area contributed by atoms with Crippen LogP contribution in [0.4, 0.5) is 0 Å². The van der Waals surface area contributed by atoms with E-state index in [0.29, 0.717) is 13.0 Å². The molecule has 18 heavy (non-hydrogen) atoms. The van der Waals surface area contributed by atoms with Gasteiger partial charge in [-0.15, -0.1) is 0 Å². The molecule has 1 rings (SSSR count). The van der Waals surface area contributed by atoms with E-state index in [2.05, 4.69) is 12.2 Å². The van der Waals surface area contributed by atoms with Gasteiger partial charge in [0.25, 0.3) is 5.91 Å². The zero-order chi connectivity index (χ0) is 13.4. The number of amides is 1. The van der Waals surface area contributed by atoms with Gasteiger partial charge >= 0.3 is 0 Å². The van der Waals surface area contributed by atoms with Gasteiger partial charge in [0, 0.05) is 13.2 Å². The quantitative estimate of drug-likeness (QED) is 0.693. The van der Waals surface area contributed by atoms with Crippen molar-refractivity contribution in [2.75, 3.05) is 13.2 Å². The Hall–Kier alpha value is -1.55. The first-order valence-electron chi connectivity index (χ1n) is 6.36. The standard InChI is InChI=1S/C14H21NO3/c1-2-5-11(8-9-16)10-15-14(18)12-6-3-4-7-13(12)17/h3-4,6-7,11,16-17H,2,5,8-10H2,1H3,(H,15,18). The minimum Gasteiger partial charge on any atom is -0.507 e. The van der Waals surface area contributed by atoms with Crippen molar-refractivity contribution >= 4 is 5.91 Å². The lowest BCUT2D eigenvalue weighted by atomic mass is 10.00. The zero-order valence-corrected chi connectivity index (χ0v) is 10.7. The van der Waals surface area contributed by atoms with Crippen LogP contribution in [0.3, 0.4) is 0 Å². The molecule has 1 amide bonds. The molecule has 1 unspecified atom stereocenters. The van der Waals surface area contributed by atoms with Crippen molar-refractivity contribution in [3.05, 3.63) is 29.8 Å². The van der Waals surface area contributed by atoms with Gasteiger partial charge in [0.05, 0.1) is 5.56 Å². The number of carbonyl (C=O) groups is 1. The smallest absolute Gasteiger partial charge is 0.255 e. The van der Waals surface area contributed by atoms with E-state index in [0.717, 1.165) is 12.8 Å². The molecule has 0 fully saturated rings. The summed E-state index contributed by atoms with van der Waals surface area (Å²) in [6.45, 7) is 2.74. The van der Waals surface area contributed by atoms with Crippen LogP contribution >= 0.6 is 0 Å². The van der Waals surface area contributed by atoms with Crippen LogP contribution in [-0.2, 0) is 0 Å².